The van der Waals surface area contributed by atoms with Crippen LogP contribution in [0.15, 0.2) is 24.3 Å². The van der Waals surface area contributed by atoms with Crippen molar-refractivity contribution in [2.45, 2.75) is 44.1 Å². The molecule has 22 heavy (non-hydrogen) atoms. The topological polar surface area (TPSA) is 78.4 Å². The SMILES string of the molecule is O=C(O)CCCNC(=O)NC1(Cc2cccc(F)c2)CCC1. The highest BCUT2D eigenvalue weighted by Gasteiger charge is 2.38. The van der Waals surface area contributed by atoms with Gasteiger partial charge in [-0.2, -0.15) is 0 Å². The maximum atomic E-state index is 13.2. The Morgan fingerprint density at radius 2 is 2.09 bits per heavy atom. The van der Waals surface area contributed by atoms with Gasteiger partial charge in [0.2, 0.25) is 0 Å². The van der Waals surface area contributed by atoms with E-state index in [4.69, 9.17) is 5.11 Å². The fourth-order valence-corrected chi connectivity index (χ4v) is 2.71. The Bertz CT molecular complexity index is 544. The minimum absolute atomic E-state index is 0.0364. The zero-order chi connectivity index (χ0) is 16.0. The summed E-state index contributed by atoms with van der Waals surface area (Å²) in [5.41, 5.74) is 0.552. The highest BCUT2D eigenvalue weighted by atomic mass is 19.1. The van der Waals surface area contributed by atoms with Crippen LogP contribution in [-0.4, -0.2) is 29.2 Å². The standard InChI is InChI=1S/C16H21FN2O3/c17-13-5-1-4-12(10-13)11-16(7-3-8-16)19-15(22)18-9-2-6-14(20)21/h1,4-5,10H,2-3,6-9,11H2,(H,20,21)(H2,18,19,22). The molecule has 5 nitrogen and oxygen atoms in total. The second-order valence-electron chi connectivity index (χ2n) is 5.82. The van der Waals surface area contributed by atoms with Crippen molar-refractivity contribution in [3.8, 4) is 0 Å². The number of carbonyl (C=O) groups excluding carboxylic acids is 1. The summed E-state index contributed by atoms with van der Waals surface area (Å²) < 4.78 is 13.2. The Labute approximate surface area is 128 Å². The largest absolute Gasteiger partial charge is 0.481 e. The molecule has 0 bridgehead atoms. The molecule has 1 aromatic rings. The molecule has 1 saturated carbocycles. The van der Waals surface area contributed by atoms with Gasteiger partial charge in [-0.1, -0.05) is 12.1 Å². The molecule has 0 heterocycles. The van der Waals surface area contributed by atoms with Crippen LogP contribution < -0.4 is 10.6 Å². The van der Waals surface area contributed by atoms with Crippen molar-refractivity contribution in [3.05, 3.63) is 35.6 Å². The molecule has 1 aliphatic carbocycles. The predicted octanol–water partition coefficient (Wildman–Crippen LogP) is 2.45. The lowest BCUT2D eigenvalue weighted by Crippen LogP contribution is -2.57. The summed E-state index contributed by atoms with van der Waals surface area (Å²) in [6.07, 6.45) is 3.81. The summed E-state index contributed by atoms with van der Waals surface area (Å²) in [6, 6.07) is 6.13. The van der Waals surface area contributed by atoms with Gasteiger partial charge in [-0.3, -0.25) is 4.79 Å². The summed E-state index contributed by atoms with van der Waals surface area (Å²) in [6.45, 7) is 0.328. The fourth-order valence-electron chi connectivity index (χ4n) is 2.71. The Morgan fingerprint density at radius 1 is 1.32 bits per heavy atom. The van der Waals surface area contributed by atoms with Gasteiger partial charge in [0.15, 0.2) is 0 Å². The van der Waals surface area contributed by atoms with Crippen LogP contribution in [0.1, 0.15) is 37.7 Å². The van der Waals surface area contributed by atoms with Gasteiger partial charge in [0.1, 0.15) is 5.82 Å². The lowest BCUT2D eigenvalue weighted by Gasteiger charge is -2.42. The summed E-state index contributed by atoms with van der Waals surface area (Å²) in [5.74, 6) is -1.14. The first-order chi connectivity index (χ1) is 10.5. The Balaban J connectivity index is 1.83. The summed E-state index contributed by atoms with van der Waals surface area (Å²) >= 11 is 0. The molecule has 0 radical (unpaired) electrons. The molecule has 1 aromatic carbocycles. The zero-order valence-corrected chi connectivity index (χ0v) is 12.4. The highest BCUT2D eigenvalue weighted by molar-refractivity contribution is 5.75. The third-order valence-electron chi connectivity index (χ3n) is 3.97. The van der Waals surface area contributed by atoms with E-state index in [0.29, 0.717) is 19.4 Å². The number of carbonyl (C=O) groups is 2. The second-order valence-corrected chi connectivity index (χ2v) is 5.82. The third kappa shape index (κ3) is 4.72. The van der Waals surface area contributed by atoms with E-state index < -0.39 is 5.97 Å². The van der Waals surface area contributed by atoms with E-state index in [1.54, 1.807) is 6.07 Å². The van der Waals surface area contributed by atoms with Crippen LogP contribution in [0.3, 0.4) is 0 Å². The number of carboxylic acids is 1. The number of hydrogen-bond acceptors (Lipinski definition) is 2. The van der Waals surface area contributed by atoms with Gasteiger partial charge in [0.05, 0.1) is 0 Å². The summed E-state index contributed by atoms with van der Waals surface area (Å²) in [7, 11) is 0. The number of hydrogen-bond donors (Lipinski definition) is 3. The third-order valence-corrected chi connectivity index (χ3v) is 3.97. The molecule has 120 valence electrons. The molecule has 0 unspecified atom stereocenters. The average Bonchev–Trinajstić information content (AvgIpc) is 2.41. The van der Waals surface area contributed by atoms with Crippen LogP contribution in [0.2, 0.25) is 0 Å². The van der Waals surface area contributed by atoms with E-state index in [2.05, 4.69) is 10.6 Å². The van der Waals surface area contributed by atoms with Crippen molar-refractivity contribution >= 4 is 12.0 Å². The van der Waals surface area contributed by atoms with Crippen LogP contribution in [0.4, 0.5) is 9.18 Å². The number of rotatable bonds is 7. The van der Waals surface area contributed by atoms with E-state index in [1.165, 1.54) is 12.1 Å². The number of benzene rings is 1. The van der Waals surface area contributed by atoms with Crippen molar-refractivity contribution in [2.24, 2.45) is 0 Å². The van der Waals surface area contributed by atoms with Crippen molar-refractivity contribution in [3.63, 3.8) is 0 Å². The number of nitrogens with one attached hydrogen (secondary N) is 2. The van der Waals surface area contributed by atoms with Crippen LogP contribution in [0, 0.1) is 5.82 Å². The molecule has 0 aliphatic heterocycles. The van der Waals surface area contributed by atoms with Gasteiger partial charge in [0.25, 0.3) is 0 Å². The number of urea groups is 1. The van der Waals surface area contributed by atoms with Crippen LogP contribution in [0.25, 0.3) is 0 Å². The highest BCUT2D eigenvalue weighted by Crippen LogP contribution is 2.35. The smallest absolute Gasteiger partial charge is 0.315 e. The molecule has 0 spiro atoms. The zero-order valence-electron chi connectivity index (χ0n) is 12.4. The summed E-state index contributed by atoms with van der Waals surface area (Å²) in [5, 5.41) is 14.2. The number of amides is 2. The maximum Gasteiger partial charge on any atom is 0.315 e. The molecule has 3 N–H and O–H groups in total. The van der Waals surface area contributed by atoms with Gasteiger partial charge in [-0.15, -0.1) is 0 Å². The molecule has 2 amide bonds. The Kier molecular flexibility index (Phi) is 5.35. The van der Waals surface area contributed by atoms with Crippen molar-refractivity contribution in [1.82, 2.24) is 10.6 Å². The quantitative estimate of drug-likeness (QED) is 0.677. The second kappa shape index (κ2) is 7.24. The van der Waals surface area contributed by atoms with E-state index >= 15 is 0 Å². The monoisotopic (exact) mass is 308 g/mol. The minimum Gasteiger partial charge on any atom is -0.481 e. The predicted molar refractivity (Wildman–Crippen MR) is 80.1 cm³/mol. The van der Waals surface area contributed by atoms with Gasteiger partial charge >= 0.3 is 12.0 Å². The van der Waals surface area contributed by atoms with E-state index in [1.807, 2.05) is 6.07 Å². The Hall–Kier alpha value is -2.11. The van der Waals surface area contributed by atoms with Gasteiger partial charge < -0.3 is 15.7 Å². The first-order valence-electron chi connectivity index (χ1n) is 7.51. The van der Waals surface area contributed by atoms with Crippen molar-refractivity contribution in [1.29, 1.82) is 0 Å². The van der Waals surface area contributed by atoms with E-state index in [9.17, 15) is 14.0 Å². The van der Waals surface area contributed by atoms with Crippen LogP contribution >= 0.6 is 0 Å². The lowest BCUT2D eigenvalue weighted by atomic mass is 9.73. The molecule has 1 aliphatic rings. The first kappa shape index (κ1) is 16.3. The molecule has 6 heteroatoms. The van der Waals surface area contributed by atoms with Gasteiger partial charge in [-0.05, 0) is 49.8 Å². The molecular weight excluding hydrogens is 287 g/mol. The van der Waals surface area contributed by atoms with E-state index in [-0.39, 0.29) is 23.8 Å². The normalized spacial score (nSPS) is 15.7. The molecule has 0 saturated heterocycles. The first-order valence-corrected chi connectivity index (χ1v) is 7.51. The van der Waals surface area contributed by atoms with Crippen LogP contribution in [0.5, 0.6) is 0 Å². The summed E-state index contributed by atoms with van der Waals surface area (Å²) in [4.78, 5) is 22.3. The number of aliphatic carboxylic acids is 1. The fraction of sp³-hybridized carbons (Fsp3) is 0.500. The van der Waals surface area contributed by atoms with Gasteiger partial charge in [-0.25, -0.2) is 9.18 Å². The lowest BCUT2D eigenvalue weighted by molar-refractivity contribution is -0.137. The number of carboxylic acid groups (broad SMARTS) is 1. The van der Waals surface area contributed by atoms with Crippen molar-refractivity contribution in [2.75, 3.05) is 6.54 Å². The number of halogens is 1. The molecule has 0 atom stereocenters. The molecule has 0 aromatic heterocycles. The van der Waals surface area contributed by atoms with Crippen molar-refractivity contribution < 1.29 is 19.1 Å². The maximum absolute atomic E-state index is 13.2. The van der Waals surface area contributed by atoms with Crippen LogP contribution in [-0.2, 0) is 11.2 Å². The average molecular weight is 308 g/mol. The molecule has 2 rings (SSSR count). The minimum atomic E-state index is -0.872. The van der Waals surface area contributed by atoms with Gasteiger partial charge in [0, 0.05) is 18.5 Å². The molecular formula is C16H21FN2O3. The Morgan fingerprint density at radius 3 is 2.68 bits per heavy atom. The van der Waals surface area contributed by atoms with E-state index in [0.717, 1.165) is 24.8 Å². The molecule has 1 fully saturated rings.